The van der Waals surface area contributed by atoms with E-state index in [9.17, 15) is 29.1 Å². The van der Waals surface area contributed by atoms with Crippen molar-refractivity contribution in [1.29, 1.82) is 0 Å². The van der Waals surface area contributed by atoms with Gasteiger partial charge >= 0.3 is 12.1 Å². The van der Waals surface area contributed by atoms with Crippen LogP contribution < -0.4 is 10.2 Å². The Balaban J connectivity index is 1.26. The normalized spacial score (nSPS) is 17.3. The van der Waals surface area contributed by atoms with Crippen LogP contribution in [0.3, 0.4) is 0 Å². The molecule has 14 nitrogen and oxygen atoms in total. The summed E-state index contributed by atoms with van der Waals surface area (Å²) in [7, 11) is 0. The van der Waals surface area contributed by atoms with Crippen LogP contribution in [0.2, 0.25) is 0 Å². The number of nitrogens with zero attached hydrogens (tertiary/aromatic N) is 6. The molecule has 1 atom stereocenters. The molecule has 4 amide bonds. The van der Waals surface area contributed by atoms with E-state index < -0.39 is 29.9 Å². The first kappa shape index (κ1) is 37.5. The van der Waals surface area contributed by atoms with Gasteiger partial charge in [-0.2, -0.15) is 0 Å². The monoisotopic (exact) mass is 705 g/mol. The summed E-state index contributed by atoms with van der Waals surface area (Å²) in [5.41, 5.74) is 2.33. The maximum Gasteiger partial charge on any atom is 0.409 e. The van der Waals surface area contributed by atoms with Gasteiger partial charge < -0.3 is 34.8 Å². The maximum absolute atomic E-state index is 13.9. The van der Waals surface area contributed by atoms with Crippen molar-refractivity contribution in [3.8, 4) is 11.3 Å². The molecule has 0 unspecified atom stereocenters. The van der Waals surface area contributed by atoms with Gasteiger partial charge in [-0.1, -0.05) is 50.1 Å². The van der Waals surface area contributed by atoms with Gasteiger partial charge in [-0.25, -0.2) is 9.78 Å². The van der Waals surface area contributed by atoms with Crippen LogP contribution in [0.1, 0.15) is 62.4 Å². The van der Waals surface area contributed by atoms with Crippen LogP contribution in [-0.4, -0.2) is 144 Å². The lowest BCUT2D eigenvalue weighted by Crippen LogP contribution is -2.56. The smallest absolute Gasteiger partial charge is 0.409 e. The average molecular weight is 706 g/mol. The lowest BCUT2D eigenvalue weighted by Gasteiger charge is -2.36. The van der Waals surface area contributed by atoms with E-state index in [1.165, 1.54) is 0 Å². The van der Waals surface area contributed by atoms with E-state index in [-0.39, 0.29) is 50.6 Å². The highest BCUT2D eigenvalue weighted by Gasteiger charge is 2.32. The van der Waals surface area contributed by atoms with E-state index in [1.54, 1.807) is 15.9 Å². The number of anilines is 1. The van der Waals surface area contributed by atoms with Crippen molar-refractivity contribution < 1.29 is 33.8 Å². The van der Waals surface area contributed by atoms with Crippen molar-refractivity contribution in [2.24, 2.45) is 0 Å². The molecule has 3 fully saturated rings. The Morgan fingerprint density at radius 2 is 1.53 bits per heavy atom. The number of nitrogens with one attached hydrogen (secondary N) is 1. The van der Waals surface area contributed by atoms with Gasteiger partial charge in [0.25, 0.3) is 5.91 Å². The van der Waals surface area contributed by atoms with Crippen molar-refractivity contribution in [3.05, 3.63) is 48.2 Å². The molecule has 0 aliphatic carbocycles. The molecule has 276 valence electrons. The summed E-state index contributed by atoms with van der Waals surface area (Å²) < 4.78 is 5.36. The zero-order chi connectivity index (χ0) is 36.2. The van der Waals surface area contributed by atoms with Crippen LogP contribution in [0.15, 0.2) is 42.5 Å². The summed E-state index contributed by atoms with van der Waals surface area (Å²) in [6.45, 7) is 8.23. The summed E-state index contributed by atoms with van der Waals surface area (Å²) in [6.07, 6.45) is 4.10. The minimum Gasteiger partial charge on any atom is -0.481 e. The topological polar surface area (TPSA) is 156 Å². The Morgan fingerprint density at radius 3 is 2.20 bits per heavy atom. The minimum absolute atomic E-state index is 0.0943. The molecule has 0 spiro atoms. The van der Waals surface area contributed by atoms with Gasteiger partial charge in [0.1, 0.15) is 11.7 Å². The van der Waals surface area contributed by atoms with Gasteiger partial charge in [0.15, 0.2) is 0 Å². The standard InChI is InChI=1S/C37H51N7O7/c1-2-3-9-24-51-37(50)44-22-20-43(21-23-44)36(49)30(12-13-34(46)47)39-35(48)32-26-29(25-31(38-32)28-10-5-4-6-11-28)41-18-16-40(17-19-41)27-33(45)42-14-7-8-15-42/h4-6,10-11,25-26,30H,2-3,7-9,12-24,27H2,1H3,(H,39,48)(H,46,47)/t30-/m0/s1. The van der Waals surface area contributed by atoms with Crippen LogP contribution >= 0.6 is 0 Å². The number of hydrogen-bond donors (Lipinski definition) is 2. The predicted molar refractivity (Wildman–Crippen MR) is 191 cm³/mol. The molecular formula is C37H51N7O7. The van der Waals surface area contributed by atoms with Crippen LogP contribution in [0.4, 0.5) is 10.5 Å². The van der Waals surface area contributed by atoms with Crippen LogP contribution in [0, 0.1) is 0 Å². The van der Waals surface area contributed by atoms with Crippen molar-refractivity contribution in [2.75, 3.05) is 83.5 Å². The number of carbonyl (C=O) groups excluding carboxylic acids is 4. The quantitative estimate of drug-likeness (QED) is 0.281. The van der Waals surface area contributed by atoms with Crippen molar-refractivity contribution in [3.63, 3.8) is 0 Å². The maximum atomic E-state index is 13.9. The number of carboxylic acids is 1. The first-order valence-corrected chi connectivity index (χ1v) is 18.3. The van der Waals surface area contributed by atoms with E-state index >= 15 is 0 Å². The molecule has 4 heterocycles. The molecule has 2 aromatic rings. The molecular weight excluding hydrogens is 654 g/mol. The first-order valence-electron chi connectivity index (χ1n) is 18.3. The number of likely N-dealkylation sites (tertiary alicyclic amines) is 1. The van der Waals surface area contributed by atoms with Crippen LogP contribution in [0.25, 0.3) is 11.3 Å². The molecule has 14 heteroatoms. The number of aliphatic carboxylic acids is 1. The van der Waals surface area contributed by atoms with E-state index in [0.29, 0.717) is 45.0 Å². The zero-order valence-electron chi connectivity index (χ0n) is 29.6. The van der Waals surface area contributed by atoms with E-state index in [4.69, 9.17) is 4.74 Å². The third-order valence-corrected chi connectivity index (χ3v) is 9.74. The summed E-state index contributed by atoms with van der Waals surface area (Å²) in [6, 6.07) is 12.1. The number of rotatable bonds is 14. The fraction of sp³-hybridized carbons (Fsp3) is 0.568. The van der Waals surface area contributed by atoms with Gasteiger partial charge in [-0.15, -0.1) is 0 Å². The number of carbonyl (C=O) groups is 5. The third kappa shape index (κ3) is 10.6. The van der Waals surface area contributed by atoms with Crippen LogP contribution in [-0.2, 0) is 19.1 Å². The highest BCUT2D eigenvalue weighted by atomic mass is 16.6. The molecule has 2 N–H and O–H groups in total. The number of benzene rings is 1. The Bertz CT molecular complexity index is 1500. The molecule has 51 heavy (non-hydrogen) atoms. The van der Waals surface area contributed by atoms with Gasteiger partial charge in [-0.3, -0.25) is 24.1 Å². The Kier molecular flexibility index (Phi) is 13.6. The fourth-order valence-electron chi connectivity index (χ4n) is 6.68. The molecule has 3 aliphatic rings. The highest BCUT2D eigenvalue weighted by Crippen LogP contribution is 2.26. The number of pyridine rings is 1. The van der Waals surface area contributed by atoms with Crippen LogP contribution in [0.5, 0.6) is 0 Å². The largest absolute Gasteiger partial charge is 0.481 e. The number of hydrogen-bond acceptors (Lipinski definition) is 9. The van der Waals surface area contributed by atoms with E-state index in [2.05, 4.69) is 27.0 Å². The van der Waals surface area contributed by atoms with Gasteiger partial charge in [0.05, 0.1) is 18.8 Å². The lowest BCUT2D eigenvalue weighted by atomic mass is 10.1. The Labute approximate surface area is 299 Å². The van der Waals surface area contributed by atoms with Crippen molar-refractivity contribution in [2.45, 2.75) is 57.9 Å². The van der Waals surface area contributed by atoms with Gasteiger partial charge in [0, 0.05) is 83.1 Å². The number of unbranched alkanes of at least 4 members (excludes halogenated alkanes) is 2. The molecule has 3 aliphatic heterocycles. The van der Waals surface area contributed by atoms with E-state index in [1.807, 2.05) is 41.3 Å². The molecule has 0 bridgehead atoms. The van der Waals surface area contributed by atoms with Gasteiger partial charge in [0.2, 0.25) is 11.8 Å². The number of carboxylic acid groups (broad SMARTS) is 1. The fourth-order valence-corrected chi connectivity index (χ4v) is 6.68. The molecule has 0 radical (unpaired) electrons. The molecule has 1 aromatic heterocycles. The highest BCUT2D eigenvalue weighted by molar-refractivity contribution is 5.97. The second kappa shape index (κ2) is 18.5. The first-order chi connectivity index (χ1) is 24.7. The van der Waals surface area contributed by atoms with Gasteiger partial charge in [-0.05, 0) is 37.8 Å². The predicted octanol–water partition coefficient (Wildman–Crippen LogP) is 2.93. The van der Waals surface area contributed by atoms with E-state index in [0.717, 1.165) is 56.4 Å². The lowest BCUT2D eigenvalue weighted by molar-refractivity contribution is -0.138. The van der Waals surface area contributed by atoms with Crippen molar-refractivity contribution in [1.82, 2.24) is 29.9 Å². The minimum atomic E-state index is -1.09. The zero-order valence-corrected chi connectivity index (χ0v) is 29.6. The second-order valence-corrected chi connectivity index (χ2v) is 13.4. The number of aromatic nitrogens is 1. The number of amides is 4. The average Bonchev–Trinajstić information content (AvgIpc) is 3.71. The number of ether oxygens (including phenoxy) is 1. The SMILES string of the molecule is CCCCCOC(=O)N1CCN(C(=O)[C@H](CCC(=O)O)NC(=O)c2cc(N3CCN(CC(=O)N4CCCC4)CC3)cc(-c3ccccc3)n2)CC1. The Hall–Kier alpha value is -4.72. The number of piperazine rings is 2. The summed E-state index contributed by atoms with van der Waals surface area (Å²) in [4.78, 5) is 78.4. The van der Waals surface area contributed by atoms with Crippen molar-refractivity contribution >= 4 is 35.5 Å². The molecule has 5 rings (SSSR count). The second-order valence-electron chi connectivity index (χ2n) is 13.4. The molecule has 0 saturated carbocycles. The summed E-state index contributed by atoms with van der Waals surface area (Å²) in [5.74, 6) is -1.89. The third-order valence-electron chi connectivity index (χ3n) is 9.74. The summed E-state index contributed by atoms with van der Waals surface area (Å²) in [5, 5.41) is 12.2. The molecule has 3 saturated heterocycles. The molecule has 1 aromatic carbocycles. The summed E-state index contributed by atoms with van der Waals surface area (Å²) >= 11 is 0. The Morgan fingerprint density at radius 1 is 0.843 bits per heavy atom.